The van der Waals surface area contributed by atoms with Crippen LogP contribution in [-0.4, -0.2) is 21.1 Å². The predicted molar refractivity (Wildman–Crippen MR) is 83.9 cm³/mol. The summed E-state index contributed by atoms with van der Waals surface area (Å²) in [6, 6.07) is 4.33. The highest BCUT2D eigenvalue weighted by Gasteiger charge is 2.19. The largest absolute Gasteiger partial charge is 0.497 e. The fraction of sp³-hybridized carbons (Fsp3) is 0.294. The number of imidazole rings is 1. The summed E-state index contributed by atoms with van der Waals surface area (Å²) in [7, 11) is 1.51. The standard InChI is InChI=1S/C17H16FN3O2/c1-23-11-6-7-12(18)15(10-11)21-9-8-20-14-5-3-2-4-13(14)19-16(20)17(21)22/h6-10H,2-5H2,1H3. The lowest BCUT2D eigenvalue weighted by Gasteiger charge is -2.11. The summed E-state index contributed by atoms with van der Waals surface area (Å²) in [6.07, 6.45) is 7.39. The number of hydrogen-bond acceptors (Lipinski definition) is 3. The van der Waals surface area contributed by atoms with Crippen molar-refractivity contribution in [1.29, 1.82) is 0 Å². The maximum atomic E-state index is 14.2. The highest BCUT2D eigenvalue weighted by Crippen LogP contribution is 2.22. The summed E-state index contributed by atoms with van der Waals surface area (Å²) in [6.45, 7) is 0. The minimum atomic E-state index is -0.478. The fourth-order valence-corrected chi connectivity index (χ4v) is 3.18. The van der Waals surface area contributed by atoms with Gasteiger partial charge in [0, 0.05) is 24.2 Å². The lowest BCUT2D eigenvalue weighted by molar-refractivity contribution is 0.413. The van der Waals surface area contributed by atoms with Crippen molar-refractivity contribution in [1.82, 2.24) is 14.0 Å². The average Bonchev–Trinajstić information content (AvgIpc) is 2.96. The number of methoxy groups -OCH3 is 1. The number of hydrogen-bond donors (Lipinski definition) is 0. The quantitative estimate of drug-likeness (QED) is 0.730. The zero-order valence-electron chi connectivity index (χ0n) is 12.8. The van der Waals surface area contributed by atoms with Gasteiger partial charge in [0.05, 0.1) is 18.5 Å². The molecular weight excluding hydrogens is 297 g/mol. The monoisotopic (exact) mass is 313 g/mol. The molecule has 0 atom stereocenters. The van der Waals surface area contributed by atoms with E-state index >= 15 is 0 Å². The van der Waals surface area contributed by atoms with Crippen LogP contribution in [-0.2, 0) is 12.8 Å². The number of benzene rings is 1. The molecule has 0 bridgehead atoms. The van der Waals surface area contributed by atoms with Gasteiger partial charge in [-0.1, -0.05) is 0 Å². The van der Waals surface area contributed by atoms with E-state index in [1.807, 2.05) is 4.40 Å². The molecule has 2 aromatic heterocycles. The minimum absolute atomic E-state index is 0.165. The Kier molecular flexibility index (Phi) is 3.18. The molecule has 0 saturated heterocycles. The van der Waals surface area contributed by atoms with Gasteiger partial charge in [0.15, 0.2) is 0 Å². The molecule has 0 N–H and O–H groups in total. The summed E-state index contributed by atoms with van der Waals surface area (Å²) in [5.41, 5.74) is 2.27. The third-order valence-corrected chi connectivity index (χ3v) is 4.36. The van der Waals surface area contributed by atoms with E-state index in [9.17, 15) is 9.18 Å². The van der Waals surface area contributed by atoms with Gasteiger partial charge < -0.3 is 4.74 Å². The van der Waals surface area contributed by atoms with Crippen LogP contribution in [0.15, 0.2) is 35.4 Å². The van der Waals surface area contributed by atoms with Crippen molar-refractivity contribution in [3.63, 3.8) is 0 Å². The maximum absolute atomic E-state index is 14.2. The molecule has 6 heteroatoms. The Labute approximate surface area is 132 Å². The van der Waals surface area contributed by atoms with E-state index in [-0.39, 0.29) is 11.2 Å². The Morgan fingerprint density at radius 2 is 2.04 bits per heavy atom. The number of nitrogens with zero attached hydrogens (tertiary/aromatic N) is 3. The Morgan fingerprint density at radius 3 is 2.87 bits per heavy atom. The summed E-state index contributed by atoms with van der Waals surface area (Å²) in [4.78, 5) is 17.3. The SMILES string of the molecule is COc1ccc(F)c(-n2ccn3c4c(nc3c2=O)CCCC4)c1. The third-order valence-electron chi connectivity index (χ3n) is 4.36. The van der Waals surface area contributed by atoms with Crippen LogP contribution in [0.1, 0.15) is 24.2 Å². The second-order valence-electron chi connectivity index (χ2n) is 5.70. The van der Waals surface area contributed by atoms with E-state index in [1.165, 1.54) is 29.9 Å². The molecule has 118 valence electrons. The molecule has 0 fully saturated rings. The van der Waals surface area contributed by atoms with E-state index in [0.717, 1.165) is 37.1 Å². The van der Waals surface area contributed by atoms with Crippen molar-refractivity contribution in [2.45, 2.75) is 25.7 Å². The number of halogens is 1. The Balaban J connectivity index is 1.96. The molecule has 1 aliphatic rings. The van der Waals surface area contributed by atoms with E-state index < -0.39 is 5.82 Å². The molecule has 3 aromatic rings. The van der Waals surface area contributed by atoms with Crippen LogP contribution in [0.5, 0.6) is 5.75 Å². The van der Waals surface area contributed by atoms with Crippen LogP contribution in [0.3, 0.4) is 0 Å². The van der Waals surface area contributed by atoms with E-state index in [1.54, 1.807) is 12.4 Å². The molecule has 0 unspecified atom stereocenters. The van der Waals surface area contributed by atoms with E-state index in [2.05, 4.69) is 4.98 Å². The molecule has 2 heterocycles. The first-order valence-electron chi connectivity index (χ1n) is 7.64. The van der Waals surface area contributed by atoms with Crippen molar-refractivity contribution in [3.8, 4) is 11.4 Å². The van der Waals surface area contributed by atoms with E-state index in [0.29, 0.717) is 11.4 Å². The number of aryl methyl sites for hydroxylation is 2. The average molecular weight is 313 g/mol. The topological polar surface area (TPSA) is 48.5 Å². The molecule has 0 amide bonds. The van der Waals surface area contributed by atoms with Crippen LogP contribution in [0, 0.1) is 5.82 Å². The van der Waals surface area contributed by atoms with Crippen LogP contribution < -0.4 is 10.3 Å². The summed E-state index contributed by atoms with van der Waals surface area (Å²) < 4.78 is 22.4. The maximum Gasteiger partial charge on any atom is 0.298 e. The molecule has 23 heavy (non-hydrogen) atoms. The van der Waals surface area contributed by atoms with Gasteiger partial charge in [-0.05, 0) is 37.8 Å². The zero-order valence-corrected chi connectivity index (χ0v) is 12.8. The van der Waals surface area contributed by atoms with Crippen LogP contribution in [0.4, 0.5) is 4.39 Å². The highest BCUT2D eigenvalue weighted by atomic mass is 19.1. The van der Waals surface area contributed by atoms with Crippen LogP contribution >= 0.6 is 0 Å². The van der Waals surface area contributed by atoms with Gasteiger partial charge in [0.2, 0.25) is 5.65 Å². The van der Waals surface area contributed by atoms with Gasteiger partial charge in [-0.3, -0.25) is 13.8 Å². The lowest BCUT2D eigenvalue weighted by Crippen LogP contribution is -2.21. The van der Waals surface area contributed by atoms with Crippen LogP contribution in [0.25, 0.3) is 11.3 Å². The molecular formula is C17H16FN3O2. The molecule has 0 spiro atoms. The fourth-order valence-electron chi connectivity index (χ4n) is 3.18. The number of aromatic nitrogens is 3. The summed E-state index contributed by atoms with van der Waals surface area (Å²) >= 11 is 0. The van der Waals surface area contributed by atoms with E-state index in [4.69, 9.17) is 4.74 Å². The van der Waals surface area contributed by atoms with Gasteiger partial charge in [0.25, 0.3) is 5.56 Å². The van der Waals surface area contributed by atoms with Crippen molar-refractivity contribution in [2.24, 2.45) is 0 Å². The second-order valence-corrected chi connectivity index (χ2v) is 5.70. The van der Waals surface area contributed by atoms with Gasteiger partial charge in [-0.25, -0.2) is 9.37 Å². The van der Waals surface area contributed by atoms with Crippen molar-refractivity contribution < 1.29 is 9.13 Å². The normalized spacial score (nSPS) is 14.0. The highest BCUT2D eigenvalue weighted by molar-refractivity contribution is 5.47. The molecule has 1 aliphatic carbocycles. The Bertz CT molecular complexity index is 958. The second kappa shape index (κ2) is 5.22. The first-order chi connectivity index (χ1) is 11.2. The molecule has 0 radical (unpaired) electrons. The van der Waals surface area contributed by atoms with Gasteiger partial charge in [0.1, 0.15) is 11.6 Å². The lowest BCUT2D eigenvalue weighted by atomic mass is 10.0. The molecule has 1 aromatic carbocycles. The van der Waals surface area contributed by atoms with Gasteiger partial charge >= 0.3 is 0 Å². The van der Waals surface area contributed by atoms with Crippen molar-refractivity contribution in [3.05, 3.63) is 58.2 Å². The summed E-state index contributed by atoms with van der Waals surface area (Å²) in [5, 5.41) is 0. The molecule has 5 nitrogen and oxygen atoms in total. The first kappa shape index (κ1) is 14.0. The minimum Gasteiger partial charge on any atom is -0.497 e. The Hall–Kier alpha value is -2.63. The Morgan fingerprint density at radius 1 is 1.22 bits per heavy atom. The smallest absolute Gasteiger partial charge is 0.298 e. The number of rotatable bonds is 2. The predicted octanol–water partition coefficient (Wildman–Crippen LogP) is 2.51. The number of ether oxygens (including phenoxy) is 1. The van der Waals surface area contributed by atoms with Crippen molar-refractivity contribution in [2.75, 3.05) is 7.11 Å². The molecule has 0 aliphatic heterocycles. The third kappa shape index (κ3) is 2.13. The van der Waals surface area contributed by atoms with Crippen molar-refractivity contribution >= 4 is 5.65 Å². The molecule has 4 rings (SSSR count). The van der Waals surface area contributed by atoms with Crippen LogP contribution in [0.2, 0.25) is 0 Å². The van der Waals surface area contributed by atoms with Gasteiger partial charge in [-0.2, -0.15) is 0 Å². The zero-order chi connectivity index (χ0) is 16.0. The number of fused-ring (bicyclic) bond motifs is 3. The van der Waals surface area contributed by atoms with Gasteiger partial charge in [-0.15, -0.1) is 0 Å². The first-order valence-corrected chi connectivity index (χ1v) is 7.64. The summed E-state index contributed by atoms with van der Waals surface area (Å²) in [5.74, 6) is 0.0179. The molecule has 0 saturated carbocycles.